The van der Waals surface area contributed by atoms with Gasteiger partial charge in [-0.25, -0.2) is 0 Å². The predicted octanol–water partition coefficient (Wildman–Crippen LogP) is 6.43. The smallest absolute Gasteiger partial charge is 0.314 e. The van der Waals surface area contributed by atoms with Gasteiger partial charge < -0.3 is 9.47 Å². The second-order valence-electron chi connectivity index (χ2n) is 7.23. The molecule has 5 heteroatoms. The molecule has 0 bridgehead atoms. The highest BCUT2D eigenvalue weighted by Gasteiger charge is 2.29. The average Bonchev–Trinajstić information content (AvgIpc) is 2.70. The van der Waals surface area contributed by atoms with Crippen LogP contribution in [0.25, 0.3) is 0 Å². The van der Waals surface area contributed by atoms with Gasteiger partial charge >= 0.3 is 5.97 Å². The van der Waals surface area contributed by atoms with E-state index in [0.717, 1.165) is 5.57 Å². The molecule has 0 spiro atoms. The molecule has 0 aliphatic heterocycles. The van der Waals surface area contributed by atoms with Crippen LogP contribution < -0.4 is 4.74 Å². The Morgan fingerprint density at radius 1 is 1.10 bits per heavy atom. The molecule has 0 aliphatic rings. The number of esters is 1. The van der Waals surface area contributed by atoms with Gasteiger partial charge in [-0.05, 0) is 43.5 Å². The van der Waals surface area contributed by atoms with E-state index < -0.39 is 18.0 Å². The lowest BCUT2D eigenvalue weighted by Crippen LogP contribution is -2.25. The highest BCUT2D eigenvalue weighted by Crippen LogP contribution is 2.30. The molecule has 3 atom stereocenters. The fourth-order valence-electron chi connectivity index (χ4n) is 2.86. The first-order chi connectivity index (χ1) is 13.8. The number of para-hydroxylation sites is 1. The van der Waals surface area contributed by atoms with E-state index in [2.05, 4.69) is 12.6 Å². The molecule has 4 nitrogen and oxygen atoms in total. The van der Waals surface area contributed by atoms with Crippen LogP contribution >= 0.6 is 11.6 Å². The largest absolute Gasteiger partial charge is 0.457 e. The number of alkyl halides is 1. The zero-order valence-electron chi connectivity index (χ0n) is 17.0. The molecule has 0 saturated carbocycles. The summed E-state index contributed by atoms with van der Waals surface area (Å²) in [5.74, 6) is 0.299. The van der Waals surface area contributed by atoms with E-state index in [4.69, 9.17) is 21.1 Å². The fraction of sp³-hybridized carbons (Fsp3) is 0.333. The predicted molar refractivity (Wildman–Crippen MR) is 115 cm³/mol. The molecule has 0 fully saturated rings. The number of benzene rings is 2. The zero-order chi connectivity index (χ0) is 21.4. The first-order valence-electron chi connectivity index (χ1n) is 9.57. The minimum atomic E-state index is -1.05. The van der Waals surface area contributed by atoms with Crippen molar-refractivity contribution in [2.24, 2.45) is 11.8 Å². The molecule has 0 heterocycles. The van der Waals surface area contributed by atoms with Crippen LogP contribution in [0.2, 0.25) is 0 Å². The van der Waals surface area contributed by atoms with E-state index in [1.54, 1.807) is 24.3 Å². The Morgan fingerprint density at radius 2 is 1.76 bits per heavy atom. The van der Waals surface area contributed by atoms with Gasteiger partial charge in [0.2, 0.25) is 6.10 Å². The molecule has 0 aromatic heterocycles. The van der Waals surface area contributed by atoms with Gasteiger partial charge in [0.25, 0.3) is 0 Å². The van der Waals surface area contributed by atoms with Gasteiger partial charge in [-0.3, -0.25) is 4.79 Å². The summed E-state index contributed by atoms with van der Waals surface area (Å²) in [5.41, 5.74) is 1.29. The van der Waals surface area contributed by atoms with Gasteiger partial charge in [-0.1, -0.05) is 56.3 Å². The Balaban J connectivity index is 2.18. The molecule has 0 radical (unpaired) electrons. The molecule has 0 N–H and O–H groups in total. The number of hydrogen-bond donors (Lipinski definition) is 0. The van der Waals surface area contributed by atoms with E-state index in [1.807, 2.05) is 51.1 Å². The molecule has 0 saturated heterocycles. The molecule has 2 aromatic carbocycles. The fourth-order valence-corrected chi connectivity index (χ4v) is 3.04. The molecule has 2 aromatic rings. The van der Waals surface area contributed by atoms with E-state index in [1.165, 1.54) is 0 Å². The van der Waals surface area contributed by atoms with Crippen LogP contribution in [-0.4, -0.2) is 11.3 Å². The van der Waals surface area contributed by atoms with Crippen molar-refractivity contribution in [1.29, 1.82) is 5.26 Å². The monoisotopic (exact) mass is 411 g/mol. The number of ether oxygens (including phenoxy) is 2. The van der Waals surface area contributed by atoms with Gasteiger partial charge in [-0.2, -0.15) is 5.26 Å². The molecular weight excluding hydrogens is 386 g/mol. The average molecular weight is 412 g/mol. The van der Waals surface area contributed by atoms with Crippen molar-refractivity contribution in [2.75, 3.05) is 0 Å². The SMILES string of the molecule is C=C(C(C)C)C(CC(C)Cl)C(=O)OC(C#N)c1cccc(Oc2ccccc2)c1. The lowest BCUT2D eigenvalue weighted by atomic mass is 9.88. The first kappa shape index (κ1) is 22.5. The third kappa shape index (κ3) is 6.66. The van der Waals surface area contributed by atoms with Gasteiger partial charge in [0, 0.05) is 10.9 Å². The van der Waals surface area contributed by atoms with Gasteiger partial charge in [-0.15, -0.1) is 11.6 Å². The minimum absolute atomic E-state index is 0.103. The van der Waals surface area contributed by atoms with Crippen LogP contribution in [0.3, 0.4) is 0 Å². The highest BCUT2D eigenvalue weighted by molar-refractivity contribution is 6.20. The number of halogens is 1. The van der Waals surface area contributed by atoms with Crippen molar-refractivity contribution in [2.45, 2.75) is 38.7 Å². The standard InChI is InChI=1S/C24H26ClNO3/c1-16(2)18(4)22(13-17(3)25)24(27)29-23(15-26)19-9-8-12-21(14-19)28-20-10-6-5-7-11-20/h5-12,14,16-17,22-23H,4,13H2,1-3H3. The number of carbonyl (C=O) groups excluding carboxylic acids is 1. The number of nitriles is 1. The molecule has 2 rings (SSSR count). The van der Waals surface area contributed by atoms with Gasteiger partial charge in [0.15, 0.2) is 0 Å². The Bertz CT molecular complexity index is 871. The van der Waals surface area contributed by atoms with Crippen molar-refractivity contribution in [3.63, 3.8) is 0 Å². The summed E-state index contributed by atoms with van der Waals surface area (Å²) in [6.07, 6.45) is -0.637. The summed E-state index contributed by atoms with van der Waals surface area (Å²) in [6.45, 7) is 9.79. The van der Waals surface area contributed by atoms with Crippen molar-refractivity contribution in [1.82, 2.24) is 0 Å². The summed E-state index contributed by atoms with van der Waals surface area (Å²) < 4.78 is 11.4. The van der Waals surface area contributed by atoms with E-state index >= 15 is 0 Å². The van der Waals surface area contributed by atoms with Crippen LogP contribution in [0.15, 0.2) is 66.7 Å². The van der Waals surface area contributed by atoms with E-state index in [9.17, 15) is 10.1 Å². The van der Waals surface area contributed by atoms with Crippen molar-refractivity contribution in [3.8, 4) is 17.6 Å². The normalized spacial score (nSPS) is 13.8. The maximum Gasteiger partial charge on any atom is 0.314 e. The minimum Gasteiger partial charge on any atom is -0.457 e. The number of nitrogens with zero attached hydrogens (tertiary/aromatic N) is 1. The Labute approximate surface area is 177 Å². The van der Waals surface area contributed by atoms with Gasteiger partial charge in [0.05, 0.1) is 5.92 Å². The number of hydrogen-bond acceptors (Lipinski definition) is 4. The molecule has 0 amide bonds. The summed E-state index contributed by atoms with van der Waals surface area (Å²) in [7, 11) is 0. The topological polar surface area (TPSA) is 59.3 Å². The van der Waals surface area contributed by atoms with Crippen LogP contribution in [0, 0.1) is 23.2 Å². The van der Waals surface area contributed by atoms with Crippen molar-refractivity contribution >= 4 is 17.6 Å². The van der Waals surface area contributed by atoms with Crippen LogP contribution in [-0.2, 0) is 9.53 Å². The highest BCUT2D eigenvalue weighted by atomic mass is 35.5. The molecule has 3 unspecified atom stereocenters. The van der Waals surface area contributed by atoms with Crippen molar-refractivity contribution in [3.05, 3.63) is 72.3 Å². The Morgan fingerprint density at radius 3 is 2.34 bits per heavy atom. The Hall–Kier alpha value is -2.77. The van der Waals surface area contributed by atoms with E-state index in [-0.39, 0.29) is 11.3 Å². The first-order valence-corrected chi connectivity index (χ1v) is 10.0. The quantitative estimate of drug-likeness (QED) is 0.271. The summed E-state index contributed by atoms with van der Waals surface area (Å²) in [5, 5.41) is 9.39. The number of rotatable bonds is 9. The third-order valence-electron chi connectivity index (χ3n) is 4.53. The summed E-state index contributed by atoms with van der Waals surface area (Å²) in [4.78, 5) is 12.8. The Kier molecular flexibility index (Phi) is 8.30. The summed E-state index contributed by atoms with van der Waals surface area (Å²) >= 11 is 6.12. The lowest BCUT2D eigenvalue weighted by Gasteiger charge is -2.23. The molecular formula is C24H26ClNO3. The second kappa shape index (κ2) is 10.7. The number of carbonyl (C=O) groups is 1. The van der Waals surface area contributed by atoms with Crippen LogP contribution in [0.4, 0.5) is 0 Å². The maximum atomic E-state index is 12.8. The van der Waals surface area contributed by atoms with Crippen LogP contribution in [0.1, 0.15) is 38.9 Å². The second-order valence-corrected chi connectivity index (χ2v) is 7.98. The van der Waals surface area contributed by atoms with Crippen molar-refractivity contribution < 1.29 is 14.3 Å². The zero-order valence-corrected chi connectivity index (χ0v) is 17.7. The van der Waals surface area contributed by atoms with Gasteiger partial charge in [0.1, 0.15) is 17.6 Å². The molecule has 152 valence electrons. The summed E-state index contributed by atoms with van der Waals surface area (Å²) in [6, 6.07) is 18.4. The lowest BCUT2D eigenvalue weighted by molar-refractivity contribution is -0.150. The van der Waals surface area contributed by atoms with Crippen LogP contribution in [0.5, 0.6) is 11.5 Å². The molecule has 0 aliphatic carbocycles. The molecule has 29 heavy (non-hydrogen) atoms. The maximum absolute atomic E-state index is 12.8. The third-order valence-corrected chi connectivity index (χ3v) is 4.70. The van der Waals surface area contributed by atoms with E-state index in [0.29, 0.717) is 23.5 Å².